The van der Waals surface area contributed by atoms with E-state index < -0.39 is 0 Å². The summed E-state index contributed by atoms with van der Waals surface area (Å²) in [5, 5.41) is 3.35. The van der Waals surface area contributed by atoms with Gasteiger partial charge >= 0.3 is 0 Å². The van der Waals surface area contributed by atoms with E-state index in [-0.39, 0.29) is 6.79 Å². The molecule has 5 nitrogen and oxygen atoms in total. The zero-order chi connectivity index (χ0) is 17.8. The van der Waals surface area contributed by atoms with E-state index in [9.17, 15) is 0 Å². The number of rotatable bonds is 5. The van der Waals surface area contributed by atoms with Gasteiger partial charge in [-0.3, -0.25) is 4.99 Å². The monoisotopic (exact) mass is 346 g/mol. The normalized spacial score (nSPS) is 12.3. The Morgan fingerprint density at radius 3 is 2.62 bits per heavy atom. The summed E-state index contributed by atoms with van der Waals surface area (Å²) in [6, 6.07) is 21.5. The fraction of sp³-hybridized carbons (Fsp3) is 0.0952. The lowest BCUT2D eigenvalue weighted by molar-refractivity contribution is 0.174. The molecule has 0 saturated heterocycles. The topological polar surface area (TPSA) is 52.1 Å². The first-order valence-electron chi connectivity index (χ1n) is 8.26. The minimum Gasteiger partial charge on any atom is -0.495 e. The summed E-state index contributed by atoms with van der Waals surface area (Å²) in [5.74, 6) is 2.33. The van der Waals surface area contributed by atoms with Crippen LogP contribution in [0.2, 0.25) is 0 Å². The SMILES string of the molecule is COc1ccccc1Nc1ccc(N=Cc2ccc3c(c2)OCO3)cc1. The van der Waals surface area contributed by atoms with E-state index in [1.165, 1.54) is 0 Å². The number of ether oxygens (including phenoxy) is 3. The molecule has 5 heteroatoms. The number of aliphatic imine (C=N–C) groups is 1. The van der Waals surface area contributed by atoms with Gasteiger partial charge in [-0.15, -0.1) is 0 Å². The van der Waals surface area contributed by atoms with Gasteiger partial charge in [-0.25, -0.2) is 0 Å². The zero-order valence-corrected chi connectivity index (χ0v) is 14.3. The number of hydrogen-bond donors (Lipinski definition) is 1. The third-order valence-corrected chi connectivity index (χ3v) is 4.01. The van der Waals surface area contributed by atoms with Crippen molar-refractivity contribution in [3.05, 3.63) is 72.3 Å². The molecule has 0 spiro atoms. The molecule has 0 fully saturated rings. The second-order valence-electron chi connectivity index (χ2n) is 5.74. The first kappa shape index (κ1) is 16.0. The highest BCUT2D eigenvalue weighted by Crippen LogP contribution is 2.32. The molecule has 0 amide bonds. The number of para-hydroxylation sites is 2. The van der Waals surface area contributed by atoms with E-state index in [4.69, 9.17) is 14.2 Å². The number of nitrogens with zero attached hydrogens (tertiary/aromatic N) is 1. The average molecular weight is 346 g/mol. The van der Waals surface area contributed by atoms with E-state index in [1.54, 1.807) is 7.11 Å². The highest BCUT2D eigenvalue weighted by Gasteiger charge is 2.12. The minimum absolute atomic E-state index is 0.274. The molecule has 1 heterocycles. The maximum atomic E-state index is 5.38. The Morgan fingerprint density at radius 1 is 0.962 bits per heavy atom. The molecule has 130 valence electrons. The summed E-state index contributed by atoms with van der Waals surface area (Å²) in [7, 11) is 1.66. The van der Waals surface area contributed by atoms with Crippen LogP contribution in [0.25, 0.3) is 0 Å². The van der Waals surface area contributed by atoms with Crippen LogP contribution < -0.4 is 19.5 Å². The summed E-state index contributed by atoms with van der Waals surface area (Å²) in [6.45, 7) is 0.274. The number of fused-ring (bicyclic) bond motifs is 1. The molecule has 0 unspecified atom stereocenters. The summed E-state index contributed by atoms with van der Waals surface area (Å²) in [6.07, 6.45) is 1.81. The molecule has 0 aromatic heterocycles. The van der Waals surface area contributed by atoms with E-state index in [0.29, 0.717) is 0 Å². The Kier molecular flexibility index (Phi) is 4.43. The van der Waals surface area contributed by atoms with Crippen LogP contribution >= 0.6 is 0 Å². The van der Waals surface area contributed by atoms with Crippen molar-refractivity contribution in [2.24, 2.45) is 4.99 Å². The largest absolute Gasteiger partial charge is 0.495 e. The van der Waals surface area contributed by atoms with Crippen LogP contribution in [-0.2, 0) is 0 Å². The van der Waals surface area contributed by atoms with Crippen molar-refractivity contribution in [1.82, 2.24) is 0 Å². The number of anilines is 2. The van der Waals surface area contributed by atoms with Crippen molar-refractivity contribution in [3.63, 3.8) is 0 Å². The molecule has 26 heavy (non-hydrogen) atoms. The van der Waals surface area contributed by atoms with Crippen molar-refractivity contribution in [2.75, 3.05) is 19.2 Å². The van der Waals surface area contributed by atoms with Crippen LogP contribution in [-0.4, -0.2) is 20.1 Å². The highest BCUT2D eigenvalue weighted by molar-refractivity contribution is 5.83. The number of methoxy groups -OCH3 is 1. The lowest BCUT2D eigenvalue weighted by Crippen LogP contribution is -1.93. The Labute approximate surface area is 151 Å². The second kappa shape index (κ2) is 7.19. The Bertz CT molecular complexity index is 936. The van der Waals surface area contributed by atoms with Gasteiger partial charge in [0.05, 0.1) is 18.5 Å². The van der Waals surface area contributed by atoms with E-state index >= 15 is 0 Å². The maximum Gasteiger partial charge on any atom is 0.231 e. The van der Waals surface area contributed by atoms with Gasteiger partial charge in [-0.2, -0.15) is 0 Å². The van der Waals surface area contributed by atoms with Gasteiger partial charge < -0.3 is 19.5 Å². The quantitative estimate of drug-likeness (QED) is 0.666. The Balaban J connectivity index is 1.46. The summed E-state index contributed by atoms with van der Waals surface area (Å²) < 4.78 is 16.0. The molecular formula is C21H18N2O3. The molecular weight excluding hydrogens is 328 g/mol. The maximum absolute atomic E-state index is 5.38. The van der Waals surface area contributed by atoms with Gasteiger partial charge in [0.2, 0.25) is 6.79 Å². The van der Waals surface area contributed by atoms with Crippen molar-refractivity contribution < 1.29 is 14.2 Å². The van der Waals surface area contributed by atoms with Crippen LogP contribution in [0.3, 0.4) is 0 Å². The molecule has 0 atom stereocenters. The molecule has 1 N–H and O–H groups in total. The molecule has 3 aromatic carbocycles. The summed E-state index contributed by atoms with van der Waals surface area (Å²) in [4.78, 5) is 4.51. The van der Waals surface area contributed by atoms with Gasteiger partial charge in [-0.1, -0.05) is 12.1 Å². The van der Waals surface area contributed by atoms with Crippen LogP contribution in [0.5, 0.6) is 17.2 Å². The molecule has 1 aliphatic heterocycles. The van der Waals surface area contributed by atoms with Gasteiger partial charge in [-0.05, 0) is 60.2 Å². The van der Waals surface area contributed by atoms with Crippen LogP contribution in [0.4, 0.5) is 17.1 Å². The van der Waals surface area contributed by atoms with Gasteiger partial charge in [0.15, 0.2) is 11.5 Å². The van der Waals surface area contributed by atoms with Crippen molar-refractivity contribution in [3.8, 4) is 17.2 Å². The first-order valence-corrected chi connectivity index (χ1v) is 8.26. The third-order valence-electron chi connectivity index (χ3n) is 4.01. The summed E-state index contributed by atoms with van der Waals surface area (Å²) in [5.41, 5.74) is 3.72. The average Bonchev–Trinajstić information content (AvgIpc) is 3.16. The van der Waals surface area contributed by atoms with Gasteiger partial charge in [0.1, 0.15) is 5.75 Å². The number of hydrogen-bond acceptors (Lipinski definition) is 5. The lowest BCUT2D eigenvalue weighted by Gasteiger charge is -2.10. The van der Waals surface area contributed by atoms with E-state index in [2.05, 4.69) is 10.3 Å². The lowest BCUT2D eigenvalue weighted by atomic mass is 10.2. The zero-order valence-electron chi connectivity index (χ0n) is 14.3. The molecule has 0 aliphatic carbocycles. The molecule has 0 saturated carbocycles. The Morgan fingerprint density at radius 2 is 1.77 bits per heavy atom. The number of nitrogens with one attached hydrogen (secondary N) is 1. The highest BCUT2D eigenvalue weighted by atomic mass is 16.7. The van der Waals surface area contributed by atoms with Crippen LogP contribution in [0.15, 0.2) is 71.7 Å². The third kappa shape index (κ3) is 3.47. The molecule has 1 aliphatic rings. The molecule has 4 rings (SSSR count). The van der Waals surface area contributed by atoms with Crippen LogP contribution in [0, 0.1) is 0 Å². The van der Waals surface area contributed by atoms with Gasteiger partial charge in [0.25, 0.3) is 0 Å². The fourth-order valence-corrected chi connectivity index (χ4v) is 2.68. The van der Waals surface area contributed by atoms with Crippen molar-refractivity contribution in [2.45, 2.75) is 0 Å². The molecule has 3 aromatic rings. The van der Waals surface area contributed by atoms with Crippen molar-refractivity contribution >= 4 is 23.3 Å². The van der Waals surface area contributed by atoms with Crippen LogP contribution in [0.1, 0.15) is 5.56 Å². The Hall–Kier alpha value is -3.47. The summed E-state index contributed by atoms with van der Waals surface area (Å²) >= 11 is 0. The second-order valence-corrected chi connectivity index (χ2v) is 5.74. The predicted molar refractivity (Wildman–Crippen MR) is 103 cm³/mol. The van der Waals surface area contributed by atoms with E-state index in [1.807, 2.05) is 72.9 Å². The minimum atomic E-state index is 0.274. The molecule has 0 radical (unpaired) electrons. The van der Waals surface area contributed by atoms with E-state index in [0.717, 1.165) is 39.9 Å². The fourth-order valence-electron chi connectivity index (χ4n) is 2.68. The smallest absolute Gasteiger partial charge is 0.231 e. The standard InChI is InChI=1S/C21H18N2O3/c1-24-19-5-3-2-4-18(19)23-17-9-7-16(8-10-17)22-13-15-6-11-20-21(12-15)26-14-25-20/h2-13,23H,14H2,1H3. The molecule has 0 bridgehead atoms. The number of benzene rings is 3. The van der Waals surface area contributed by atoms with Crippen molar-refractivity contribution in [1.29, 1.82) is 0 Å². The van der Waals surface area contributed by atoms with Gasteiger partial charge in [0, 0.05) is 11.9 Å². The first-order chi connectivity index (χ1) is 12.8. The predicted octanol–water partition coefficient (Wildman–Crippen LogP) is 4.92.